The van der Waals surface area contributed by atoms with Gasteiger partial charge in [-0.25, -0.2) is 18.6 Å². The highest BCUT2D eigenvalue weighted by molar-refractivity contribution is 5.96. The van der Waals surface area contributed by atoms with Crippen LogP contribution in [0.1, 0.15) is 72.9 Å². The summed E-state index contributed by atoms with van der Waals surface area (Å²) in [7, 11) is 1.54. The van der Waals surface area contributed by atoms with Crippen molar-refractivity contribution in [1.29, 1.82) is 0 Å². The number of amides is 1. The third kappa shape index (κ3) is 6.00. The Labute approximate surface area is 237 Å². The van der Waals surface area contributed by atoms with E-state index in [2.05, 4.69) is 5.32 Å². The van der Waals surface area contributed by atoms with Gasteiger partial charge in [-0.1, -0.05) is 49.6 Å². The Morgan fingerprint density at radius 1 is 1.00 bits per heavy atom. The van der Waals surface area contributed by atoms with Crippen LogP contribution in [0.15, 0.2) is 66.7 Å². The molecule has 1 aliphatic carbocycles. The second-order valence-corrected chi connectivity index (χ2v) is 10.3. The van der Waals surface area contributed by atoms with Crippen molar-refractivity contribution in [2.75, 3.05) is 19.0 Å². The number of nitrogens with zero attached hydrogens (tertiary/aromatic N) is 2. The molecule has 1 heterocycles. The molecule has 0 saturated heterocycles. The number of methoxy groups -OCH3 is 1. The highest BCUT2D eigenvalue weighted by Gasteiger charge is 2.36. The van der Waals surface area contributed by atoms with Crippen LogP contribution in [0.2, 0.25) is 0 Å². The maximum absolute atomic E-state index is 14.7. The first-order chi connectivity index (χ1) is 19.9. The van der Waals surface area contributed by atoms with Gasteiger partial charge < -0.3 is 19.4 Å². The molecular weight excluding hydrogens is 528 g/mol. The van der Waals surface area contributed by atoms with Gasteiger partial charge in [0.25, 0.3) is 0 Å². The van der Waals surface area contributed by atoms with E-state index >= 15 is 0 Å². The van der Waals surface area contributed by atoms with E-state index in [0.717, 1.165) is 49.8 Å². The Hall–Kier alpha value is -4.11. The summed E-state index contributed by atoms with van der Waals surface area (Å²) in [5.74, 6) is -2.46. The number of hydrogen-bond acceptors (Lipinski definition) is 5. The molecule has 3 aromatic carbocycles. The molecule has 0 spiro atoms. The molecule has 1 N–H and O–H groups in total. The molecule has 1 fully saturated rings. The number of carbonyl (C=O) groups is 2. The van der Waals surface area contributed by atoms with E-state index in [9.17, 15) is 18.4 Å². The molecule has 2 atom stereocenters. The molecule has 4 aromatic rings. The lowest BCUT2D eigenvalue weighted by Crippen LogP contribution is -2.35. The van der Waals surface area contributed by atoms with Gasteiger partial charge in [-0.2, -0.15) is 0 Å². The monoisotopic (exact) mass is 561 g/mol. The summed E-state index contributed by atoms with van der Waals surface area (Å²) >= 11 is 0. The highest BCUT2D eigenvalue weighted by Crippen LogP contribution is 2.39. The van der Waals surface area contributed by atoms with Crippen LogP contribution in [0.3, 0.4) is 0 Å². The zero-order valence-corrected chi connectivity index (χ0v) is 23.1. The Balaban J connectivity index is 1.61. The van der Waals surface area contributed by atoms with E-state index in [1.165, 1.54) is 0 Å². The first kappa shape index (κ1) is 28.4. The number of rotatable bonds is 9. The number of carbonyl (C=O) groups excluding carboxylic acids is 2. The Morgan fingerprint density at radius 2 is 1.68 bits per heavy atom. The first-order valence-electron chi connectivity index (χ1n) is 13.9. The molecule has 1 amide bonds. The molecule has 1 aliphatic rings. The molecule has 41 heavy (non-hydrogen) atoms. The summed E-state index contributed by atoms with van der Waals surface area (Å²) in [5.41, 5.74) is 2.23. The maximum atomic E-state index is 14.7. The van der Waals surface area contributed by atoms with Crippen molar-refractivity contribution >= 4 is 28.6 Å². The fourth-order valence-corrected chi connectivity index (χ4v) is 5.72. The van der Waals surface area contributed by atoms with Crippen molar-refractivity contribution in [2.24, 2.45) is 5.92 Å². The van der Waals surface area contributed by atoms with Crippen molar-refractivity contribution in [3.05, 3.63) is 95.3 Å². The number of fused-ring (bicyclic) bond motifs is 1. The lowest BCUT2D eigenvalue weighted by atomic mass is 9.83. The Kier molecular flexibility index (Phi) is 8.73. The summed E-state index contributed by atoms with van der Waals surface area (Å²) in [6.45, 7) is 2.00. The average molecular weight is 562 g/mol. The van der Waals surface area contributed by atoms with E-state index in [-0.39, 0.29) is 23.9 Å². The van der Waals surface area contributed by atoms with Crippen LogP contribution in [0.5, 0.6) is 0 Å². The largest absolute Gasteiger partial charge is 0.462 e. The van der Waals surface area contributed by atoms with Crippen molar-refractivity contribution in [3.8, 4) is 0 Å². The topological polar surface area (TPSA) is 82.5 Å². The number of esters is 1. The Morgan fingerprint density at radius 3 is 2.34 bits per heavy atom. The van der Waals surface area contributed by atoms with Crippen molar-refractivity contribution in [3.63, 3.8) is 0 Å². The predicted octanol–water partition coefficient (Wildman–Crippen LogP) is 6.99. The van der Waals surface area contributed by atoms with E-state index in [4.69, 9.17) is 14.5 Å². The Bertz CT molecular complexity index is 1520. The second-order valence-electron chi connectivity index (χ2n) is 10.3. The molecule has 0 aliphatic heterocycles. The minimum absolute atomic E-state index is 0.0694. The van der Waals surface area contributed by atoms with Gasteiger partial charge in [0.1, 0.15) is 18.0 Å². The molecular formula is C32H33F2N3O4. The lowest BCUT2D eigenvalue weighted by Gasteiger charge is -2.33. The smallest absolute Gasteiger partial charge is 0.338 e. The van der Waals surface area contributed by atoms with Crippen LogP contribution in [-0.2, 0) is 14.3 Å². The molecule has 1 saturated carbocycles. The number of benzene rings is 3. The first-order valence-corrected chi connectivity index (χ1v) is 13.9. The molecule has 0 radical (unpaired) electrons. The number of hydrogen-bond donors (Lipinski definition) is 1. The minimum Gasteiger partial charge on any atom is -0.462 e. The second kappa shape index (κ2) is 12.6. The number of nitrogens with one attached hydrogen (secondary N) is 1. The van der Waals surface area contributed by atoms with Crippen molar-refractivity contribution in [1.82, 2.24) is 9.55 Å². The van der Waals surface area contributed by atoms with Crippen LogP contribution in [0.4, 0.5) is 14.5 Å². The molecule has 214 valence electrons. The number of aromatic nitrogens is 2. The normalized spacial score (nSPS) is 15.4. The van der Waals surface area contributed by atoms with Crippen molar-refractivity contribution in [2.45, 2.75) is 51.2 Å². The summed E-state index contributed by atoms with van der Waals surface area (Å²) in [5, 5.41) is 2.99. The SMILES string of the molecule is CCOC(=O)c1ccc(NC(=O)C(C2CCCCC2)n2c(C(OC)c3ccccc3)nc3cc(F)c(F)cc32)cc1. The zero-order valence-electron chi connectivity index (χ0n) is 23.1. The summed E-state index contributed by atoms with van der Waals surface area (Å²) in [6, 6.07) is 17.3. The van der Waals surface area contributed by atoms with E-state index in [1.54, 1.807) is 42.9 Å². The van der Waals surface area contributed by atoms with Gasteiger partial charge in [-0.3, -0.25) is 4.79 Å². The predicted molar refractivity (Wildman–Crippen MR) is 152 cm³/mol. The standard InChI is InChI=1S/C32H33F2N3O4/c1-3-41-32(39)22-14-16-23(17-15-22)35-31(38)28(20-10-6-4-7-11-20)37-27-19-25(34)24(33)18-26(27)36-30(37)29(40-2)21-12-8-5-9-13-21/h5,8-9,12-20,28-29H,3-4,6-7,10-11H2,1-2H3,(H,35,38). The molecule has 0 bridgehead atoms. The summed E-state index contributed by atoms with van der Waals surface area (Å²) in [6.07, 6.45) is 3.90. The quantitative estimate of drug-likeness (QED) is 0.223. The third-order valence-electron chi connectivity index (χ3n) is 7.64. The highest BCUT2D eigenvalue weighted by atomic mass is 19.2. The number of imidazole rings is 1. The van der Waals surface area contributed by atoms with Gasteiger partial charge in [0.15, 0.2) is 11.6 Å². The zero-order chi connectivity index (χ0) is 28.9. The van der Waals surface area contributed by atoms with Crippen molar-refractivity contribution < 1.29 is 27.8 Å². The maximum Gasteiger partial charge on any atom is 0.338 e. The fourth-order valence-electron chi connectivity index (χ4n) is 5.72. The molecule has 5 rings (SSSR count). The third-order valence-corrected chi connectivity index (χ3v) is 7.64. The van der Waals surface area contributed by atoms with Crippen LogP contribution < -0.4 is 5.32 Å². The number of ether oxygens (including phenoxy) is 2. The number of halogens is 2. The minimum atomic E-state index is -1.02. The van der Waals surface area contributed by atoms with Crippen LogP contribution >= 0.6 is 0 Å². The van der Waals surface area contributed by atoms with Gasteiger partial charge in [-0.15, -0.1) is 0 Å². The number of anilines is 1. The molecule has 2 unspecified atom stereocenters. The van der Waals surface area contributed by atoms with Gasteiger partial charge >= 0.3 is 5.97 Å². The van der Waals surface area contributed by atoms with Gasteiger partial charge in [0, 0.05) is 24.9 Å². The van der Waals surface area contributed by atoms with Crippen LogP contribution in [0, 0.1) is 17.6 Å². The molecule has 1 aromatic heterocycles. The van der Waals surface area contributed by atoms with E-state index < -0.39 is 29.7 Å². The van der Waals surface area contributed by atoms with Crippen LogP contribution in [0.25, 0.3) is 11.0 Å². The molecule has 9 heteroatoms. The fraction of sp³-hybridized carbons (Fsp3) is 0.344. The summed E-state index contributed by atoms with van der Waals surface area (Å²) < 4.78 is 41.7. The summed E-state index contributed by atoms with van der Waals surface area (Å²) in [4.78, 5) is 31.0. The van der Waals surface area contributed by atoms with E-state index in [0.29, 0.717) is 22.6 Å². The van der Waals surface area contributed by atoms with E-state index in [1.807, 2.05) is 30.3 Å². The van der Waals surface area contributed by atoms with Crippen LogP contribution in [-0.4, -0.2) is 35.1 Å². The van der Waals surface area contributed by atoms with Gasteiger partial charge in [0.2, 0.25) is 5.91 Å². The lowest BCUT2D eigenvalue weighted by molar-refractivity contribution is -0.121. The van der Waals surface area contributed by atoms with Gasteiger partial charge in [-0.05, 0) is 55.5 Å². The van der Waals surface area contributed by atoms with Gasteiger partial charge in [0.05, 0.1) is 23.2 Å². The molecule has 7 nitrogen and oxygen atoms in total. The average Bonchev–Trinajstić information content (AvgIpc) is 3.32.